The van der Waals surface area contributed by atoms with Crippen LogP contribution in [-0.4, -0.2) is 20.1 Å². The monoisotopic (exact) mass is 339 g/mol. The molecular weight excluding hydrogens is 322 g/mol. The first-order valence-corrected chi connectivity index (χ1v) is 8.26. The predicted octanol–water partition coefficient (Wildman–Crippen LogP) is 4.68. The maximum absolute atomic E-state index is 12.4. The first-order chi connectivity index (χ1) is 11.7. The maximum Gasteiger partial charge on any atom is 0.255 e. The van der Waals surface area contributed by atoms with E-state index in [1.807, 2.05) is 35.7 Å². The summed E-state index contributed by atoms with van der Waals surface area (Å²) < 4.78 is 10.5. The lowest BCUT2D eigenvalue weighted by Crippen LogP contribution is -2.12. The van der Waals surface area contributed by atoms with E-state index in [2.05, 4.69) is 11.4 Å². The fraction of sp³-hybridized carbons (Fsp3) is 0.105. The van der Waals surface area contributed by atoms with Gasteiger partial charge in [0.25, 0.3) is 5.91 Å². The van der Waals surface area contributed by atoms with Crippen molar-refractivity contribution in [3.8, 4) is 21.9 Å². The molecule has 0 radical (unpaired) electrons. The number of anilines is 1. The van der Waals surface area contributed by atoms with Crippen LogP contribution in [0.5, 0.6) is 11.5 Å². The first kappa shape index (κ1) is 16.1. The average molecular weight is 339 g/mol. The van der Waals surface area contributed by atoms with E-state index in [0.29, 0.717) is 22.7 Å². The largest absolute Gasteiger partial charge is 0.497 e. The van der Waals surface area contributed by atoms with Gasteiger partial charge in [-0.25, -0.2) is 0 Å². The molecule has 0 atom stereocenters. The normalized spacial score (nSPS) is 10.2. The molecule has 1 amide bonds. The summed E-state index contributed by atoms with van der Waals surface area (Å²) in [5.41, 5.74) is 2.29. The summed E-state index contributed by atoms with van der Waals surface area (Å²) >= 11 is 1.67. The van der Waals surface area contributed by atoms with E-state index in [0.717, 1.165) is 5.56 Å². The summed E-state index contributed by atoms with van der Waals surface area (Å²) in [6, 6.07) is 16.9. The minimum absolute atomic E-state index is 0.184. The van der Waals surface area contributed by atoms with Gasteiger partial charge in [0.1, 0.15) is 11.5 Å². The minimum Gasteiger partial charge on any atom is -0.497 e. The van der Waals surface area contributed by atoms with Crippen molar-refractivity contribution in [3.05, 3.63) is 65.5 Å². The summed E-state index contributed by atoms with van der Waals surface area (Å²) in [6.07, 6.45) is 0. The fourth-order valence-corrected chi connectivity index (χ4v) is 3.06. The van der Waals surface area contributed by atoms with E-state index in [-0.39, 0.29) is 5.91 Å². The zero-order valence-corrected chi connectivity index (χ0v) is 14.2. The van der Waals surface area contributed by atoms with Gasteiger partial charge in [-0.05, 0) is 41.3 Å². The molecule has 2 aromatic carbocycles. The van der Waals surface area contributed by atoms with Crippen molar-refractivity contribution in [1.29, 1.82) is 0 Å². The molecule has 0 spiro atoms. The molecule has 0 aliphatic rings. The highest BCUT2D eigenvalue weighted by Crippen LogP contribution is 2.30. The number of hydrogen-bond acceptors (Lipinski definition) is 4. The van der Waals surface area contributed by atoms with Crippen molar-refractivity contribution in [3.63, 3.8) is 0 Å². The molecule has 122 valence electrons. The Morgan fingerprint density at radius 3 is 2.42 bits per heavy atom. The third-order valence-electron chi connectivity index (χ3n) is 3.61. The Labute approximate surface area is 144 Å². The minimum atomic E-state index is -0.184. The lowest BCUT2D eigenvalue weighted by molar-refractivity contribution is 0.102. The average Bonchev–Trinajstić information content (AvgIpc) is 3.16. The van der Waals surface area contributed by atoms with Crippen LogP contribution >= 0.6 is 11.3 Å². The molecule has 0 aliphatic carbocycles. The predicted molar refractivity (Wildman–Crippen MR) is 97.3 cm³/mol. The van der Waals surface area contributed by atoms with Crippen molar-refractivity contribution in [2.75, 3.05) is 19.5 Å². The molecule has 3 aromatic rings. The van der Waals surface area contributed by atoms with Gasteiger partial charge in [-0.15, -0.1) is 11.3 Å². The number of amides is 1. The van der Waals surface area contributed by atoms with Gasteiger partial charge in [0.05, 0.1) is 19.9 Å². The summed E-state index contributed by atoms with van der Waals surface area (Å²) in [6.45, 7) is 0. The zero-order chi connectivity index (χ0) is 16.9. The van der Waals surface area contributed by atoms with Crippen LogP contribution in [0.4, 0.5) is 5.69 Å². The number of rotatable bonds is 5. The van der Waals surface area contributed by atoms with Crippen molar-refractivity contribution in [2.45, 2.75) is 0 Å². The zero-order valence-electron chi connectivity index (χ0n) is 13.4. The van der Waals surface area contributed by atoms with Gasteiger partial charge in [-0.2, -0.15) is 0 Å². The molecule has 1 heterocycles. The standard InChI is InChI=1S/C19H17NO3S/c1-22-15-9-10-16(17(12-15)23-2)20-19(21)14-7-5-13(6-8-14)18-4-3-11-24-18/h3-12H,1-2H3,(H,20,21). The Bertz CT molecular complexity index is 826. The highest BCUT2D eigenvalue weighted by Gasteiger charge is 2.11. The molecule has 0 unspecified atom stereocenters. The van der Waals surface area contributed by atoms with Gasteiger partial charge in [0.2, 0.25) is 0 Å². The van der Waals surface area contributed by atoms with Crippen LogP contribution < -0.4 is 14.8 Å². The summed E-state index contributed by atoms with van der Waals surface area (Å²) in [5, 5.41) is 4.90. The quantitative estimate of drug-likeness (QED) is 0.734. The molecule has 0 fully saturated rings. The van der Waals surface area contributed by atoms with E-state index in [9.17, 15) is 4.79 Å². The van der Waals surface area contributed by atoms with Gasteiger partial charge in [0, 0.05) is 16.5 Å². The van der Waals surface area contributed by atoms with Gasteiger partial charge >= 0.3 is 0 Å². The lowest BCUT2D eigenvalue weighted by Gasteiger charge is -2.11. The van der Waals surface area contributed by atoms with E-state index in [4.69, 9.17) is 9.47 Å². The first-order valence-electron chi connectivity index (χ1n) is 7.38. The maximum atomic E-state index is 12.4. The molecule has 1 aromatic heterocycles. The van der Waals surface area contributed by atoms with Crippen LogP contribution in [0, 0.1) is 0 Å². The molecule has 3 rings (SSSR count). The molecule has 0 aliphatic heterocycles. The Hall–Kier alpha value is -2.79. The number of hydrogen-bond donors (Lipinski definition) is 1. The van der Waals surface area contributed by atoms with Crippen LogP contribution in [0.25, 0.3) is 10.4 Å². The summed E-state index contributed by atoms with van der Waals surface area (Å²) in [4.78, 5) is 13.6. The van der Waals surface area contributed by atoms with Crippen molar-refractivity contribution in [2.24, 2.45) is 0 Å². The van der Waals surface area contributed by atoms with Crippen LogP contribution in [0.1, 0.15) is 10.4 Å². The number of carbonyl (C=O) groups excluding carboxylic acids is 1. The van der Waals surface area contributed by atoms with Crippen LogP contribution in [0.15, 0.2) is 60.0 Å². The van der Waals surface area contributed by atoms with Gasteiger partial charge in [-0.1, -0.05) is 18.2 Å². The van der Waals surface area contributed by atoms with E-state index in [1.54, 1.807) is 43.8 Å². The number of carbonyl (C=O) groups is 1. The Balaban J connectivity index is 1.77. The molecule has 4 nitrogen and oxygen atoms in total. The number of ether oxygens (including phenoxy) is 2. The van der Waals surface area contributed by atoms with E-state index in [1.165, 1.54) is 4.88 Å². The summed E-state index contributed by atoms with van der Waals surface area (Å²) in [7, 11) is 3.14. The Morgan fingerprint density at radius 2 is 1.79 bits per heavy atom. The summed E-state index contributed by atoms with van der Waals surface area (Å²) in [5.74, 6) is 1.04. The number of nitrogens with one attached hydrogen (secondary N) is 1. The fourth-order valence-electron chi connectivity index (χ4n) is 2.32. The van der Waals surface area contributed by atoms with Crippen molar-refractivity contribution < 1.29 is 14.3 Å². The Morgan fingerprint density at radius 1 is 1.00 bits per heavy atom. The molecule has 24 heavy (non-hydrogen) atoms. The Kier molecular flexibility index (Phi) is 4.82. The van der Waals surface area contributed by atoms with Crippen molar-refractivity contribution >= 4 is 22.9 Å². The van der Waals surface area contributed by atoms with Crippen LogP contribution in [0.2, 0.25) is 0 Å². The van der Waals surface area contributed by atoms with Gasteiger partial charge in [-0.3, -0.25) is 4.79 Å². The SMILES string of the molecule is COc1ccc(NC(=O)c2ccc(-c3cccs3)cc2)c(OC)c1. The molecule has 5 heteroatoms. The highest BCUT2D eigenvalue weighted by molar-refractivity contribution is 7.13. The topological polar surface area (TPSA) is 47.6 Å². The second kappa shape index (κ2) is 7.19. The smallest absolute Gasteiger partial charge is 0.255 e. The number of thiophene rings is 1. The molecule has 1 N–H and O–H groups in total. The molecule has 0 saturated carbocycles. The van der Waals surface area contributed by atoms with Crippen molar-refractivity contribution in [1.82, 2.24) is 0 Å². The molecule has 0 saturated heterocycles. The van der Waals surface area contributed by atoms with Gasteiger partial charge in [0.15, 0.2) is 0 Å². The highest BCUT2D eigenvalue weighted by atomic mass is 32.1. The lowest BCUT2D eigenvalue weighted by atomic mass is 10.1. The number of methoxy groups -OCH3 is 2. The van der Waals surface area contributed by atoms with E-state index < -0.39 is 0 Å². The second-order valence-electron chi connectivity index (χ2n) is 5.07. The van der Waals surface area contributed by atoms with Crippen LogP contribution in [0.3, 0.4) is 0 Å². The third kappa shape index (κ3) is 3.41. The van der Waals surface area contributed by atoms with E-state index >= 15 is 0 Å². The second-order valence-corrected chi connectivity index (χ2v) is 6.02. The third-order valence-corrected chi connectivity index (χ3v) is 4.53. The molecule has 0 bridgehead atoms. The van der Waals surface area contributed by atoms with Crippen LogP contribution in [-0.2, 0) is 0 Å². The molecular formula is C19H17NO3S. The number of benzene rings is 2. The van der Waals surface area contributed by atoms with Gasteiger partial charge < -0.3 is 14.8 Å².